The monoisotopic (exact) mass is 268 g/mol. The molecule has 2 rings (SSSR count). The van der Waals surface area contributed by atoms with Crippen molar-refractivity contribution in [1.82, 2.24) is 0 Å². The molecule has 0 heterocycles. The van der Waals surface area contributed by atoms with E-state index in [1.165, 1.54) is 17.7 Å². The van der Waals surface area contributed by atoms with Crippen LogP contribution in [0.25, 0.3) is 0 Å². The third-order valence-corrected chi connectivity index (χ3v) is 6.38. The number of hydrogen-bond acceptors (Lipinski definition) is 2. The number of carbonyl (C=O) groups is 1. The van der Waals surface area contributed by atoms with Gasteiger partial charge in [0, 0.05) is 5.41 Å². The van der Waals surface area contributed by atoms with E-state index in [-0.39, 0.29) is 17.5 Å². The summed E-state index contributed by atoms with van der Waals surface area (Å²) < 4.78 is 5.86. The average molecular weight is 268 g/mol. The molecule has 0 radical (unpaired) electrons. The number of likely N-dealkylation sites (N-methyl/N-ethyl adjacent to an activating group) is 1. The Morgan fingerprint density at radius 1 is 1.26 bits per heavy atom. The molecule has 2 aliphatic rings. The molecular formula is C16H30NO2+. The Labute approximate surface area is 117 Å². The molecule has 0 unspecified atom stereocenters. The maximum atomic E-state index is 12.1. The molecule has 2 fully saturated rings. The van der Waals surface area contributed by atoms with Crippen LogP contribution >= 0.6 is 0 Å². The van der Waals surface area contributed by atoms with Gasteiger partial charge in [-0.05, 0) is 44.4 Å². The van der Waals surface area contributed by atoms with Crippen molar-refractivity contribution < 1.29 is 14.4 Å². The third-order valence-electron chi connectivity index (χ3n) is 6.38. The van der Waals surface area contributed by atoms with Crippen LogP contribution in [-0.2, 0) is 9.53 Å². The molecule has 3 atom stereocenters. The first-order valence-corrected chi connectivity index (χ1v) is 7.88. The van der Waals surface area contributed by atoms with Gasteiger partial charge in [0.2, 0.25) is 0 Å². The largest absolute Gasteiger partial charge is 0.458 e. The molecule has 0 saturated heterocycles. The fourth-order valence-electron chi connectivity index (χ4n) is 4.21. The first-order chi connectivity index (χ1) is 8.85. The van der Waals surface area contributed by atoms with Crippen LogP contribution in [0.1, 0.15) is 53.9 Å². The summed E-state index contributed by atoms with van der Waals surface area (Å²) >= 11 is 0. The van der Waals surface area contributed by atoms with Gasteiger partial charge in [-0.15, -0.1) is 0 Å². The Hall–Kier alpha value is -0.570. The van der Waals surface area contributed by atoms with Crippen LogP contribution in [0.4, 0.5) is 0 Å². The lowest BCUT2D eigenvalue weighted by atomic mass is 9.70. The zero-order valence-electron chi connectivity index (χ0n) is 13.2. The summed E-state index contributed by atoms with van der Waals surface area (Å²) in [4.78, 5) is 13.4. The summed E-state index contributed by atoms with van der Waals surface area (Å²) in [5, 5.41) is 0. The van der Waals surface area contributed by atoms with Crippen molar-refractivity contribution in [3.05, 3.63) is 0 Å². The topological polar surface area (TPSA) is 30.7 Å². The van der Waals surface area contributed by atoms with Crippen LogP contribution in [0, 0.1) is 16.7 Å². The average Bonchev–Trinajstić information content (AvgIpc) is 2.69. The second kappa shape index (κ2) is 5.08. The highest BCUT2D eigenvalue weighted by atomic mass is 16.5. The van der Waals surface area contributed by atoms with E-state index in [2.05, 4.69) is 34.6 Å². The minimum absolute atomic E-state index is 0.00623. The van der Waals surface area contributed by atoms with Crippen molar-refractivity contribution in [3.8, 4) is 0 Å². The van der Waals surface area contributed by atoms with Gasteiger partial charge in [-0.2, -0.15) is 0 Å². The van der Waals surface area contributed by atoms with Crippen molar-refractivity contribution in [2.45, 2.75) is 60.0 Å². The molecule has 3 heteroatoms. The lowest BCUT2D eigenvalue weighted by Gasteiger charge is -2.38. The number of quaternary nitrogens is 1. The highest BCUT2D eigenvalue weighted by Gasteiger charge is 2.62. The molecule has 0 aromatic heterocycles. The quantitative estimate of drug-likeness (QED) is 0.769. The number of carbonyl (C=O) groups excluding carboxylic acids is 1. The summed E-state index contributed by atoms with van der Waals surface area (Å²) in [6, 6.07) is 0. The van der Waals surface area contributed by atoms with Crippen molar-refractivity contribution in [2.75, 3.05) is 19.6 Å². The highest BCUT2D eigenvalue weighted by molar-refractivity contribution is 5.70. The number of rotatable bonds is 5. The van der Waals surface area contributed by atoms with Crippen LogP contribution in [0.15, 0.2) is 0 Å². The standard InChI is InChI=1S/C16H29NO2/c1-6-17(7-2)11-14(18)19-13-10-12-8-9-16(13,5)15(12,3)4/h12-13H,6-11H2,1-5H3/p+1/t12-,13+,16+/m1/s1. The molecule has 0 aromatic rings. The van der Waals surface area contributed by atoms with Crippen LogP contribution in [0.2, 0.25) is 0 Å². The predicted octanol–water partition coefficient (Wildman–Crippen LogP) is 1.67. The molecule has 0 spiro atoms. The smallest absolute Gasteiger partial charge is 0.362 e. The van der Waals surface area contributed by atoms with Gasteiger partial charge < -0.3 is 9.64 Å². The van der Waals surface area contributed by atoms with Crippen LogP contribution in [0.3, 0.4) is 0 Å². The Morgan fingerprint density at radius 3 is 2.32 bits per heavy atom. The third kappa shape index (κ3) is 2.31. The van der Waals surface area contributed by atoms with E-state index >= 15 is 0 Å². The zero-order chi connectivity index (χ0) is 14.3. The fourth-order valence-corrected chi connectivity index (χ4v) is 4.21. The summed E-state index contributed by atoms with van der Waals surface area (Å²) in [7, 11) is 0. The molecule has 2 aliphatic carbocycles. The fraction of sp³-hybridized carbons (Fsp3) is 0.938. The number of esters is 1. The van der Waals surface area contributed by atoms with E-state index in [9.17, 15) is 4.79 Å². The van der Waals surface area contributed by atoms with E-state index in [1.807, 2.05) is 0 Å². The molecule has 19 heavy (non-hydrogen) atoms. The first kappa shape index (κ1) is 14.8. The predicted molar refractivity (Wildman–Crippen MR) is 76.0 cm³/mol. The normalized spacial score (nSPS) is 35.9. The molecule has 0 aliphatic heterocycles. The zero-order valence-corrected chi connectivity index (χ0v) is 13.2. The lowest BCUT2D eigenvalue weighted by Crippen LogP contribution is -3.12. The Kier molecular flexibility index (Phi) is 3.97. The Balaban J connectivity index is 1.96. The molecule has 2 bridgehead atoms. The van der Waals surface area contributed by atoms with Crippen molar-refractivity contribution in [3.63, 3.8) is 0 Å². The molecule has 110 valence electrons. The molecule has 0 amide bonds. The molecule has 2 saturated carbocycles. The van der Waals surface area contributed by atoms with Gasteiger partial charge in [-0.1, -0.05) is 20.8 Å². The minimum Gasteiger partial charge on any atom is -0.458 e. The SMILES string of the molecule is CC[NH+](CC)CC(=O)O[C@H]1C[C@H]2CC[C@]1(C)C2(C)C. The Bertz CT molecular complexity index is 349. The van der Waals surface area contributed by atoms with Crippen LogP contribution in [-0.4, -0.2) is 31.7 Å². The van der Waals surface area contributed by atoms with Crippen molar-refractivity contribution in [1.29, 1.82) is 0 Å². The number of nitrogens with one attached hydrogen (secondary N) is 1. The molecular weight excluding hydrogens is 238 g/mol. The summed E-state index contributed by atoms with van der Waals surface area (Å²) in [5.74, 6) is 0.726. The van der Waals surface area contributed by atoms with Crippen LogP contribution < -0.4 is 4.90 Å². The summed E-state index contributed by atoms with van der Waals surface area (Å²) in [5.41, 5.74) is 0.506. The van der Waals surface area contributed by atoms with E-state index in [1.54, 1.807) is 0 Å². The highest BCUT2D eigenvalue weighted by Crippen LogP contribution is 2.66. The van der Waals surface area contributed by atoms with Crippen molar-refractivity contribution >= 4 is 5.97 Å². The van der Waals surface area contributed by atoms with Gasteiger partial charge >= 0.3 is 5.97 Å². The molecule has 3 nitrogen and oxygen atoms in total. The van der Waals surface area contributed by atoms with Gasteiger partial charge in [-0.25, -0.2) is 4.79 Å². The van der Waals surface area contributed by atoms with Gasteiger partial charge in [0.1, 0.15) is 6.10 Å². The number of fused-ring (bicyclic) bond motifs is 2. The number of ether oxygens (including phenoxy) is 1. The second-order valence-electron chi connectivity index (χ2n) is 7.22. The van der Waals surface area contributed by atoms with Crippen LogP contribution in [0.5, 0.6) is 0 Å². The van der Waals surface area contributed by atoms with Gasteiger partial charge in [0.25, 0.3) is 0 Å². The lowest BCUT2D eigenvalue weighted by molar-refractivity contribution is -0.888. The van der Waals surface area contributed by atoms with Gasteiger partial charge in [0.05, 0.1) is 13.1 Å². The van der Waals surface area contributed by atoms with E-state index < -0.39 is 0 Å². The summed E-state index contributed by atoms with van der Waals surface area (Å²) in [6.45, 7) is 13.8. The van der Waals surface area contributed by atoms with Crippen molar-refractivity contribution in [2.24, 2.45) is 16.7 Å². The van der Waals surface area contributed by atoms with E-state index in [4.69, 9.17) is 4.74 Å². The molecule has 1 N–H and O–H groups in total. The Morgan fingerprint density at radius 2 is 1.89 bits per heavy atom. The summed E-state index contributed by atoms with van der Waals surface area (Å²) in [6.07, 6.45) is 3.73. The van der Waals surface area contributed by atoms with Gasteiger partial charge in [-0.3, -0.25) is 0 Å². The maximum Gasteiger partial charge on any atom is 0.362 e. The van der Waals surface area contributed by atoms with E-state index in [0.717, 1.165) is 25.4 Å². The number of hydrogen-bond donors (Lipinski definition) is 1. The van der Waals surface area contributed by atoms with E-state index in [0.29, 0.717) is 12.0 Å². The van der Waals surface area contributed by atoms with Gasteiger partial charge in [0.15, 0.2) is 6.54 Å². The maximum absolute atomic E-state index is 12.1. The minimum atomic E-state index is -0.00623. The second-order valence-corrected chi connectivity index (χ2v) is 7.22. The molecule has 0 aromatic carbocycles. The first-order valence-electron chi connectivity index (χ1n) is 7.88.